The van der Waals surface area contributed by atoms with Gasteiger partial charge in [0.2, 0.25) is 5.91 Å². The third kappa shape index (κ3) is 4.02. The van der Waals surface area contributed by atoms with Crippen molar-refractivity contribution >= 4 is 39.2 Å². The predicted octanol–water partition coefficient (Wildman–Crippen LogP) is 3.96. The quantitative estimate of drug-likeness (QED) is 0.370. The van der Waals surface area contributed by atoms with Crippen LogP contribution in [0.25, 0.3) is 21.3 Å². The first-order valence-electron chi connectivity index (χ1n) is 8.60. The molecule has 2 N–H and O–H groups in total. The van der Waals surface area contributed by atoms with Crippen molar-refractivity contribution in [1.82, 2.24) is 15.3 Å². The van der Waals surface area contributed by atoms with Gasteiger partial charge < -0.3 is 14.7 Å². The highest BCUT2D eigenvalue weighted by Gasteiger charge is 2.14. The first-order valence-corrected chi connectivity index (χ1v) is 10.5. The van der Waals surface area contributed by atoms with Crippen LogP contribution in [0.1, 0.15) is 11.3 Å². The molecule has 4 aromatic rings. The van der Waals surface area contributed by atoms with Crippen molar-refractivity contribution in [3.05, 3.63) is 69.7 Å². The predicted molar refractivity (Wildman–Crippen MR) is 112 cm³/mol. The summed E-state index contributed by atoms with van der Waals surface area (Å²) in [6.45, 7) is 2.36. The number of carbonyl (C=O) groups excluding carboxylic acids is 1. The zero-order chi connectivity index (χ0) is 19.5. The van der Waals surface area contributed by atoms with Gasteiger partial charge in [-0.15, -0.1) is 11.3 Å². The Morgan fingerprint density at radius 1 is 1.29 bits per heavy atom. The number of thiophene rings is 1. The molecule has 8 heteroatoms. The van der Waals surface area contributed by atoms with Gasteiger partial charge in [0.05, 0.1) is 23.9 Å². The number of aromatic nitrogens is 2. The molecule has 0 spiro atoms. The zero-order valence-electron chi connectivity index (χ0n) is 15.0. The lowest BCUT2D eigenvalue weighted by molar-refractivity contribution is -0.118. The van der Waals surface area contributed by atoms with E-state index in [1.54, 1.807) is 18.4 Å². The number of hydrogen-bond donors (Lipinski definition) is 2. The van der Waals surface area contributed by atoms with E-state index in [0.29, 0.717) is 27.7 Å². The van der Waals surface area contributed by atoms with Crippen molar-refractivity contribution in [2.45, 2.75) is 18.6 Å². The van der Waals surface area contributed by atoms with Gasteiger partial charge >= 0.3 is 0 Å². The lowest BCUT2D eigenvalue weighted by Gasteiger charge is -2.04. The summed E-state index contributed by atoms with van der Waals surface area (Å²) in [5.74, 6) is 0.690. The van der Waals surface area contributed by atoms with Crippen LogP contribution in [0.15, 0.2) is 62.4 Å². The smallest absolute Gasteiger partial charge is 0.260 e. The summed E-state index contributed by atoms with van der Waals surface area (Å²) >= 11 is 2.63. The summed E-state index contributed by atoms with van der Waals surface area (Å²) < 4.78 is 5.18. The average molecular weight is 412 g/mol. The fourth-order valence-corrected chi connectivity index (χ4v) is 4.42. The van der Waals surface area contributed by atoms with Gasteiger partial charge in [-0.3, -0.25) is 9.59 Å². The highest BCUT2D eigenvalue weighted by atomic mass is 32.2. The van der Waals surface area contributed by atoms with E-state index in [9.17, 15) is 9.59 Å². The van der Waals surface area contributed by atoms with Gasteiger partial charge in [0.15, 0.2) is 5.16 Å². The Labute approximate surface area is 169 Å². The topological polar surface area (TPSA) is 88.0 Å². The molecule has 0 unspecified atom stereocenters. The van der Waals surface area contributed by atoms with Gasteiger partial charge in [-0.1, -0.05) is 41.6 Å². The molecule has 3 aromatic heterocycles. The van der Waals surface area contributed by atoms with E-state index < -0.39 is 0 Å². The number of amides is 1. The van der Waals surface area contributed by atoms with Gasteiger partial charge in [0, 0.05) is 10.9 Å². The van der Waals surface area contributed by atoms with Crippen molar-refractivity contribution in [3.8, 4) is 11.1 Å². The van der Waals surface area contributed by atoms with Crippen molar-refractivity contribution in [2.24, 2.45) is 0 Å². The van der Waals surface area contributed by atoms with Crippen LogP contribution in [0.4, 0.5) is 0 Å². The maximum atomic E-state index is 12.6. The Morgan fingerprint density at radius 2 is 2.11 bits per heavy atom. The highest BCUT2D eigenvalue weighted by Crippen LogP contribution is 2.31. The van der Waals surface area contributed by atoms with E-state index in [-0.39, 0.29) is 17.2 Å². The lowest BCUT2D eigenvalue weighted by Crippen LogP contribution is -2.24. The molecule has 0 saturated heterocycles. The number of H-pyrrole nitrogens is 1. The largest absolute Gasteiger partial charge is 0.467 e. The molecular weight excluding hydrogens is 394 g/mol. The van der Waals surface area contributed by atoms with Crippen LogP contribution in [-0.2, 0) is 11.3 Å². The standard InChI is InChI=1S/C20H17N3O3S2/c1-12-4-6-13(7-5-12)15-10-27-19-17(15)18(25)22-20(23-19)28-11-16(24)21-9-14-3-2-8-26-14/h2-8,10H,9,11H2,1H3,(H,21,24)(H,22,23,25). The molecule has 142 valence electrons. The van der Waals surface area contributed by atoms with Gasteiger partial charge in [-0.05, 0) is 24.6 Å². The second-order valence-corrected chi connectivity index (χ2v) is 8.03. The van der Waals surface area contributed by atoms with Crippen LogP contribution in [0.5, 0.6) is 0 Å². The molecule has 0 aliphatic carbocycles. The molecule has 1 amide bonds. The van der Waals surface area contributed by atoms with Crippen LogP contribution in [0, 0.1) is 6.92 Å². The van der Waals surface area contributed by atoms with E-state index in [0.717, 1.165) is 11.1 Å². The number of aryl methyl sites for hydroxylation is 1. The summed E-state index contributed by atoms with van der Waals surface area (Å²) in [5.41, 5.74) is 2.84. The Kier molecular flexibility index (Phi) is 5.31. The molecular formula is C20H17N3O3S2. The second kappa shape index (κ2) is 8.04. The molecule has 0 saturated carbocycles. The average Bonchev–Trinajstić information content (AvgIpc) is 3.35. The fourth-order valence-electron chi connectivity index (χ4n) is 2.73. The molecule has 3 heterocycles. The van der Waals surface area contributed by atoms with E-state index >= 15 is 0 Å². The molecule has 1 aromatic carbocycles. The van der Waals surface area contributed by atoms with Crippen molar-refractivity contribution in [2.75, 3.05) is 5.75 Å². The number of carbonyl (C=O) groups is 1. The second-order valence-electron chi connectivity index (χ2n) is 6.21. The molecule has 0 fully saturated rings. The molecule has 0 atom stereocenters. The maximum Gasteiger partial charge on any atom is 0.260 e. The molecule has 6 nitrogen and oxygen atoms in total. The van der Waals surface area contributed by atoms with Crippen LogP contribution in [-0.4, -0.2) is 21.6 Å². The minimum absolute atomic E-state index is 0.157. The Bertz CT molecular complexity index is 1160. The Balaban J connectivity index is 1.48. The molecule has 0 radical (unpaired) electrons. The monoisotopic (exact) mass is 411 g/mol. The lowest BCUT2D eigenvalue weighted by atomic mass is 10.1. The van der Waals surface area contributed by atoms with E-state index in [1.165, 1.54) is 28.7 Å². The van der Waals surface area contributed by atoms with E-state index in [2.05, 4.69) is 15.3 Å². The van der Waals surface area contributed by atoms with Gasteiger partial charge in [0.25, 0.3) is 5.56 Å². The number of fused-ring (bicyclic) bond motifs is 1. The number of aromatic amines is 1. The highest BCUT2D eigenvalue weighted by molar-refractivity contribution is 7.99. The minimum Gasteiger partial charge on any atom is -0.467 e. The van der Waals surface area contributed by atoms with Crippen molar-refractivity contribution < 1.29 is 9.21 Å². The van der Waals surface area contributed by atoms with E-state index in [1.807, 2.05) is 36.6 Å². The van der Waals surface area contributed by atoms with Crippen LogP contribution in [0.3, 0.4) is 0 Å². The molecule has 0 aliphatic heterocycles. The number of thioether (sulfide) groups is 1. The first-order chi connectivity index (χ1) is 13.6. The Morgan fingerprint density at radius 3 is 2.86 bits per heavy atom. The molecule has 28 heavy (non-hydrogen) atoms. The summed E-state index contributed by atoms with van der Waals surface area (Å²) in [5, 5.41) is 5.73. The fraction of sp³-hybridized carbons (Fsp3) is 0.150. The van der Waals surface area contributed by atoms with Crippen molar-refractivity contribution in [3.63, 3.8) is 0 Å². The molecule has 0 aliphatic rings. The van der Waals surface area contributed by atoms with Crippen molar-refractivity contribution in [1.29, 1.82) is 0 Å². The van der Waals surface area contributed by atoms with Gasteiger partial charge in [0.1, 0.15) is 10.6 Å². The third-order valence-corrected chi connectivity index (χ3v) is 5.91. The normalized spacial score (nSPS) is 11.0. The number of benzene rings is 1. The maximum absolute atomic E-state index is 12.6. The first kappa shape index (κ1) is 18.5. The molecule has 4 rings (SSSR count). The Hall–Kier alpha value is -2.84. The summed E-state index contributed by atoms with van der Waals surface area (Å²) in [6.07, 6.45) is 1.56. The van der Waals surface area contributed by atoms with Crippen LogP contribution in [0.2, 0.25) is 0 Å². The minimum atomic E-state index is -0.194. The number of hydrogen-bond acceptors (Lipinski definition) is 6. The number of nitrogens with zero attached hydrogens (tertiary/aromatic N) is 1. The SMILES string of the molecule is Cc1ccc(-c2csc3nc(SCC(=O)NCc4ccco4)[nH]c(=O)c23)cc1. The van der Waals surface area contributed by atoms with E-state index in [4.69, 9.17) is 4.42 Å². The third-order valence-electron chi connectivity index (χ3n) is 4.16. The van der Waals surface area contributed by atoms with Gasteiger partial charge in [-0.2, -0.15) is 0 Å². The number of rotatable bonds is 6. The van der Waals surface area contributed by atoms with Gasteiger partial charge in [-0.25, -0.2) is 4.98 Å². The molecule has 0 bridgehead atoms. The summed E-state index contributed by atoms with van der Waals surface area (Å²) in [6, 6.07) is 11.6. The van der Waals surface area contributed by atoms with Crippen LogP contribution >= 0.6 is 23.1 Å². The van der Waals surface area contributed by atoms with Crippen LogP contribution < -0.4 is 10.9 Å². The summed E-state index contributed by atoms with van der Waals surface area (Å²) in [7, 11) is 0. The number of nitrogens with one attached hydrogen (secondary N) is 2. The zero-order valence-corrected chi connectivity index (χ0v) is 16.7. The summed E-state index contributed by atoms with van der Waals surface area (Å²) in [4.78, 5) is 32.6. The number of furan rings is 1.